The number of fused-ring (bicyclic) bond motifs is 2. The highest BCUT2D eigenvalue weighted by atomic mass is 16.5. The van der Waals surface area contributed by atoms with E-state index in [2.05, 4.69) is 10.2 Å². The van der Waals surface area contributed by atoms with Gasteiger partial charge in [0.2, 0.25) is 0 Å². The number of H-pyrrole nitrogens is 1. The van der Waals surface area contributed by atoms with Crippen molar-refractivity contribution >= 4 is 5.91 Å². The second-order valence-electron chi connectivity index (χ2n) is 6.72. The molecule has 1 aromatic carbocycles. The number of amides is 1. The molecule has 1 N–H and O–H groups in total. The summed E-state index contributed by atoms with van der Waals surface area (Å²) in [6.07, 6.45) is 4.29. The van der Waals surface area contributed by atoms with Crippen molar-refractivity contribution in [3.05, 3.63) is 41.2 Å². The van der Waals surface area contributed by atoms with Crippen molar-refractivity contribution in [3.8, 4) is 11.5 Å². The van der Waals surface area contributed by atoms with E-state index in [9.17, 15) is 4.79 Å². The summed E-state index contributed by atoms with van der Waals surface area (Å²) in [5.41, 5.74) is 2.52. The molecule has 0 bridgehead atoms. The van der Waals surface area contributed by atoms with E-state index in [4.69, 9.17) is 14.2 Å². The van der Waals surface area contributed by atoms with Gasteiger partial charge in [0.1, 0.15) is 17.1 Å². The number of aromatic amines is 1. The first kappa shape index (κ1) is 16.9. The van der Waals surface area contributed by atoms with Gasteiger partial charge in [0, 0.05) is 19.2 Å². The number of piperidine rings is 1. The standard InChI is InChI=1S/C19H23N3O4/c1-24-14-3-4-15(16(11-14)25-2)18(23)22-8-6-19(7-9-22)17-13(5-10-26-19)12-20-21-17/h3-4,11-12H,5-10H2,1-2H3,(H,20,21). The number of hydrogen-bond acceptors (Lipinski definition) is 5. The van der Waals surface area contributed by atoms with E-state index in [0.29, 0.717) is 36.8 Å². The number of hydrogen-bond donors (Lipinski definition) is 1. The monoisotopic (exact) mass is 357 g/mol. The maximum Gasteiger partial charge on any atom is 0.257 e. The lowest BCUT2D eigenvalue weighted by atomic mass is 9.83. The predicted molar refractivity (Wildman–Crippen MR) is 94.6 cm³/mol. The van der Waals surface area contributed by atoms with Crippen molar-refractivity contribution in [3.63, 3.8) is 0 Å². The van der Waals surface area contributed by atoms with E-state index in [1.165, 1.54) is 5.56 Å². The number of nitrogens with one attached hydrogen (secondary N) is 1. The predicted octanol–water partition coefficient (Wildman–Crippen LogP) is 2.13. The second kappa shape index (κ2) is 6.64. The number of benzene rings is 1. The minimum absolute atomic E-state index is 0.0278. The first-order valence-corrected chi connectivity index (χ1v) is 8.85. The van der Waals surface area contributed by atoms with Gasteiger partial charge < -0.3 is 19.1 Å². The lowest BCUT2D eigenvalue weighted by molar-refractivity contribution is -0.0962. The van der Waals surface area contributed by atoms with Crippen molar-refractivity contribution in [1.82, 2.24) is 15.1 Å². The summed E-state index contributed by atoms with van der Waals surface area (Å²) in [5, 5.41) is 7.29. The largest absolute Gasteiger partial charge is 0.497 e. The van der Waals surface area contributed by atoms with Crippen LogP contribution >= 0.6 is 0 Å². The highest BCUT2D eigenvalue weighted by Gasteiger charge is 2.43. The van der Waals surface area contributed by atoms with E-state index in [0.717, 1.165) is 25.0 Å². The molecule has 4 rings (SSSR count). The lowest BCUT2D eigenvalue weighted by Gasteiger charge is -2.43. The van der Waals surface area contributed by atoms with Crippen LogP contribution in [0.15, 0.2) is 24.4 Å². The van der Waals surface area contributed by atoms with Crippen molar-refractivity contribution < 1.29 is 19.0 Å². The van der Waals surface area contributed by atoms with Crippen LogP contribution in [0, 0.1) is 0 Å². The third kappa shape index (κ3) is 2.72. The number of ether oxygens (including phenoxy) is 3. The average Bonchev–Trinajstić information content (AvgIpc) is 3.18. The molecular formula is C19H23N3O4. The molecule has 7 heteroatoms. The quantitative estimate of drug-likeness (QED) is 0.911. The highest BCUT2D eigenvalue weighted by molar-refractivity contribution is 5.97. The fourth-order valence-electron chi connectivity index (χ4n) is 3.93. The molecule has 2 aliphatic heterocycles. The summed E-state index contributed by atoms with van der Waals surface area (Å²) < 4.78 is 16.7. The molecule has 1 spiro atoms. The molecule has 26 heavy (non-hydrogen) atoms. The van der Waals surface area contributed by atoms with Gasteiger partial charge in [-0.25, -0.2) is 0 Å². The molecule has 0 unspecified atom stereocenters. The molecule has 2 aromatic rings. The molecular weight excluding hydrogens is 334 g/mol. The van der Waals surface area contributed by atoms with Gasteiger partial charge in [-0.05, 0) is 37.0 Å². The zero-order valence-electron chi connectivity index (χ0n) is 15.1. The Morgan fingerprint density at radius 2 is 2.08 bits per heavy atom. The van der Waals surface area contributed by atoms with E-state index >= 15 is 0 Å². The number of nitrogens with zero attached hydrogens (tertiary/aromatic N) is 2. The maximum atomic E-state index is 13.0. The van der Waals surface area contributed by atoms with Crippen LogP contribution in [0.1, 0.15) is 34.5 Å². The van der Waals surface area contributed by atoms with E-state index in [1.807, 2.05) is 11.1 Å². The van der Waals surface area contributed by atoms with Crippen LogP contribution in [-0.2, 0) is 16.8 Å². The minimum atomic E-state index is -0.342. The molecule has 0 atom stereocenters. The summed E-state index contributed by atoms with van der Waals surface area (Å²) >= 11 is 0. The fraction of sp³-hybridized carbons (Fsp3) is 0.474. The van der Waals surface area contributed by atoms with Crippen molar-refractivity contribution in [2.75, 3.05) is 33.9 Å². The fourth-order valence-corrected chi connectivity index (χ4v) is 3.93. The zero-order chi connectivity index (χ0) is 18.1. The highest BCUT2D eigenvalue weighted by Crippen LogP contribution is 2.40. The maximum absolute atomic E-state index is 13.0. The van der Waals surface area contributed by atoms with Gasteiger partial charge >= 0.3 is 0 Å². The first-order valence-electron chi connectivity index (χ1n) is 8.85. The van der Waals surface area contributed by atoms with Gasteiger partial charge in [0.25, 0.3) is 5.91 Å². The van der Waals surface area contributed by atoms with Crippen LogP contribution in [0.5, 0.6) is 11.5 Å². The van der Waals surface area contributed by atoms with Crippen LogP contribution in [0.2, 0.25) is 0 Å². The van der Waals surface area contributed by atoms with Gasteiger partial charge in [0.15, 0.2) is 0 Å². The second-order valence-corrected chi connectivity index (χ2v) is 6.72. The summed E-state index contributed by atoms with van der Waals surface area (Å²) in [7, 11) is 3.15. The molecule has 0 radical (unpaired) electrons. The summed E-state index contributed by atoms with van der Waals surface area (Å²) in [6.45, 7) is 1.96. The third-order valence-electron chi connectivity index (χ3n) is 5.42. The van der Waals surface area contributed by atoms with Gasteiger partial charge in [-0.3, -0.25) is 9.89 Å². The number of carbonyl (C=O) groups excluding carboxylic acids is 1. The normalized spacial score (nSPS) is 18.5. The Morgan fingerprint density at radius 3 is 2.81 bits per heavy atom. The molecule has 0 aliphatic carbocycles. The van der Waals surface area contributed by atoms with Gasteiger partial charge in [0.05, 0.1) is 38.3 Å². The zero-order valence-corrected chi connectivity index (χ0v) is 15.1. The molecule has 1 saturated heterocycles. The number of methoxy groups -OCH3 is 2. The Kier molecular flexibility index (Phi) is 4.32. The van der Waals surface area contributed by atoms with Crippen LogP contribution in [0.25, 0.3) is 0 Å². The number of rotatable bonds is 3. The average molecular weight is 357 g/mol. The smallest absolute Gasteiger partial charge is 0.257 e. The van der Waals surface area contributed by atoms with E-state index in [-0.39, 0.29) is 11.5 Å². The van der Waals surface area contributed by atoms with Gasteiger partial charge in [-0.1, -0.05) is 0 Å². The van der Waals surface area contributed by atoms with Crippen molar-refractivity contribution in [2.24, 2.45) is 0 Å². The Hall–Kier alpha value is -2.54. The van der Waals surface area contributed by atoms with Crippen LogP contribution < -0.4 is 9.47 Å². The van der Waals surface area contributed by atoms with Crippen LogP contribution in [0.3, 0.4) is 0 Å². The molecule has 1 fully saturated rings. The molecule has 3 heterocycles. The summed E-state index contributed by atoms with van der Waals surface area (Å²) in [5.74, 6) is 1.16. The minimum Gasteiger partial charge on any atom is -0.497 e. The molecule has 2 aliphatic rings. The Balaban J connectivity index is 1.52. The summed E-state index contributed by atoms with van der Waals surface area (Å²) in [6, 6.07) is 5.27. The van der Waals surface area contributed by atoms with E-state index < -0.39 is 0 Å². The lowest BCUT2D eigenvalue weighted by Crippen LogP contribution is -2.48. The van der Waals surface area contributed by atoms with E-state index in [1.54, 1.807) is 32.4 Å². The first-order chi connectivity index (χ1) is 12.7. The SMILES string of the molecule is COc1ccc(C(=O)N2CCC3(CC2)OCCc2cn[nH]c23)c(OC)c1. The van der Waals surface area contributed by atoms with Crippen LogP contribution in [0.4, 0.5) is 0 Å². The Bertz CT molecular complexity index is 809. The topological polar surface area (TPSA) is 76.7 Å². The Morgan fingerprint density at radius 1 is 1.27 bits per heavy atom. The molecule has 1 amide bonds. The number of likely N-dealkylation sites (tertiary alicyclic amines) is 1. The van der Waals surface area contributed by atoms with Gasteiger partial charge in [-0.15, -0.1) is 0 Å². The molecule has 138 valence electrons. The van der Waals surface area contributed by atoms with Crippen molar-refractivity contribution in [1.29, 1.82) is 0 Å². The molecule has 1 aromatic heterocycles. The summed E-state index contributed by atoms with van der Waals surface area (Å²) in [4.78, 5) is 14.9. The number of aromatic nitrogens is 2. The molecule has 7 nitrogen and oxygen atoms in total. The molecule has 0 saturated carbocycles. The Labute approximate surface area is 152 Å². The van der Waals surface area contributed by atoms with Crippen LogP contribution in [-0.4, -0.2) is 54.9 Å². The third-order valence-corrected chi connectivity index (χ3v) is 5.42. The number of carbonyl (C=O) groups is 1. The van der Waals surface area contributed by atoms with Gasteiger partial charge in [-0.2, -0.15) is 5.10 Å². The van der Waals surface area contributed by atoms with Crippen molar-refractivity contribution in [2.45, 2.75) is 24.9 Å².